The van der Waals surface area contributed by atoms with Crippen molar-refractivity contribution in [2.75, 3.05) is 6.61 Å². The molecule has 2 nitrogen and oxygen atoms in total. The van der Waals surface area contributed by atoms with E-state index in [1.54, 1.807) is 12.3 Å². The topological polar surface area (TPSA) is 22.1 Å². The average Bonchev–Trinajstić information content (AvgIpc) is 2.18. The van der Waals surface area contributed by atoms with E-state index in [1.165, 1.54) is 13.8 Å². The van der Waals surface area contributed by atoms with Crippen molar-refractivity contribution in [3.63, 3.8) is 0 Å². The Bertz CT molecular complexity index is 323. The summed E-state index contributed by atoms with van der Waals surface area (Å²) in [6.45, 7) is 8.70. The minimum atomic E-state index is -1.38. The lowest BCUT2D eigenvalue weighted by molar-refractivity contribution is 0.117. The van der Waals surface area contributed by atoms with Crippen LogP contribution in [0.3, 0.4) is 0 Å². The van der Waals surface area contributed by atoms with Crippen molar-refractivity contribution in [3.8, 4) is 5.88 Å². The molecule has 1 rings (SSSR count). The van der Waals surface area contributed by atoms with Gasteiger partial charge < -0.3 is 4.74 Å². The summed E-state index contributed by atoms with van der Waals surface area (Å²) in [5.41, 5.74) is -0.433. The van der Waals surface area contributed by atoms with Crippen LogP contribution in [0.2, 0.25) is 5.02 Å². The van der Waals surface area contributed by atoms with E-state index in [0.29, 0.717) is 5.02 Å². The van der Waals surface area contributed by atoms with Gasteiger partial charge in [-0.05, 0) is 32.4 Å². The number of hydrogen-bond donors (Lipinski definition) is 0. The lowest BCUT2D eigenvalue weighted by Crippen LogP contribution is -2.23. The SMILES string of the molecule is CC.Cc1cnc(OCC(C)(C)F)c(Cl)c1. The molecule has 92 valence electrons. The molecule has 0 saturated carbocycles. The Labute approximate surface area is 102 Å². The maximum atomic E-state index is 13.1. The summed E-state index contributed by atoms with van der Waals surface area (Å²) in [7, 11) is 0. The molecule has 1 aromatic heterocycles. The second kappa shape index (κ2) is 6.69. The van der Waals surface area contributed by atoms with Crippen LogP contribution in [0.15, 0.2) is 12.3 Å². The van der Waals surface area contributed by atoms with Crippen LogP contribution in [-0.4, -0.2) is 17.3 Å². The predicted molar refractivity (Wildman–Crippen MR) is 66.0 cm³/mol. The Balaban J connectivity index is 0.00000106. The monoisotopic (exact) mass is 247 g/mol. The van der Waals surface area contributed by atoms with Crippen LogP contribution < -0.4 is 4.74 Å². The third kappa shape index (κ3) is 5.91. The second-order valence-electron chi connectivity index (χ2n) is 3.81. The predicted octanol–water partition coefficient (Wildman–Crippen LogP) is 4.20. The molecular weight excluding hydrogens is 229 g/mol. The molecule has 0 bridgehead atoms. The number of hydrogen-bond acceptors (Lipinski definition) is 2. The van der Waals surface area contributed by atoms with E-state index in [0.717, 1.165) is 5.56 Å². The Morgan fingerprint density at radius 2 is 2.00 bits per heavy atom. The van der Waals surface area contributed by atoms with Crippen LogP contribution >= 0.6 is 11.6 Å². The van der Waals surface area contributed by atoms with Crippen molar-refractivity contribution in [1.82, 2.24) is 4.98 Å². The largest absolute Gasteiger partial charge is 0.473 e. The summed E-state index contributed by atoms with van der Waals surface area (Å²) in [6, 6.07) is 1.73. The minimum absolute atomic E-state index is 0.0528. The molecule has 1 aromatic rings. The van der Waals surface area contributed by atoms with Gasteiger partial charge in [0.25, 0.3) is 0 Å². The maximum absolute atomic E-state index is 13.1. The van der Waals surface area contributed by atoms with E-state index in [4.69, 9.17) is 16.3 Å². The number of rotatable bonds is 3. The van der Waals surface area contributed by atoms with E-state index >= 15 is 0 Å². The van der Waals surface area contributed by atoms with Crippen LogP contribution in [-0.2, 0) is 0 Å². The molecule has 0 atom stereocenters. The van der Waals surface area contributed by atoms with Gasteiger partial charge in [-0.2, -0.15) is 0 Å². The molecule has 16 heavy (non-hydrogen) atoms. The van der Waals surface area contributed by atoms with Crippen LogP contribution in [0.25, 0.3) is 0 Å². The summed E-state index contributed by atoms with van der Waals surface area (Å²) in [6.07, 6.45) is 1.63. The maximum Gasteiger partial charge on any atom is 0.232 e. The summed E-state index contributed by atoms with van der Waals surface area (Å²) in [4.78, 5) is 3.96. The number of aryl methyl sites for hydroxylation is 1. The number of aromatic nitrogens is 1. The van der Waals surface area contributed by atoms with Gasteiger partial charge in [0.2, 0.25) is 5.88 Å². The van der Waals surface area contributed by atoms with Gasteiger partial charge in [0.15, 0.2) is 0 Å². The van der Waals surface area contributed by atoms with E-state index in [9.17, 15) is 4.39 Å². The molecule has 1 heterocycles. The first-order chi connectivity index (χ1) is 7.38. The first kappa shape index (κ1) is 15.2. The Morgan fingerprint density at radius 1 is 1.44 bits per heavy atom. The second-order valence-corrected chi connectivity index (χ2v) is 4.21. The quantitative estimate of drug-likeness (QED) is 0.799. The fourth-order valence-electron chi connectivity index (χ4n) is 0.867. The normalized spacial score (nSPS) is 10.4. The van der Waals surface area contributed by atoms with Crippen LogP contribution in [0, 0.1) is 6.92 Å². The minimum Gasteiger partial charge on any atom is -0.473 e. The number of pyridine rings is 1. The average molecular weight is 248 g/mol. The molecular formula is C12H19ClFNO. The smallest absolute Gasteiger partial charge is 0.232 e. The fourth-order valence-corrected chi connectivity index (χ4v) is 1.14. The molecule has 0 aromatic carbocycles. The number of alkyl halides is 1. The lowest BCUT2D eigenvalue weighted by atomic mass is 10.2. The fraction of sp³-hybridized carbons (Fsp3) is 0.583. The van der Waals surface area contributed by atoms with Gasteiger partial charge in [-0.1, -0.05) is 25.4 Å². The highest BCUT2D eigenvalue weighted by molar-refractivity contribution is 6.31. The molecule has 0 radical (unpaired) electrons. The number of ether oxygens (including phenoxy) is 1. The van der Waals surface area contributed by atoms with E-state index in [2.05, 4.69) is 4.98 Å². The molecule has 0 aliphatic rings. The van der Waals surface area contributed by atoms with Crippen molar-refractivity contribution >= 4 is 11.6 Å². The first-order valence-corrected chi connectivity index (χ1v) is 5.70. The standard InChI is InChI=1S/C10H13ClFNO.C2H6/c1-7-4-8(11)9(13-5-7)14-6-10(2,3)12;1-2/h4-5H,6H2,1-3H3;1-2H3. The summed E-state index contributed by atoms with van der Waals surface area (Å²) in [5.74, 6) is 0.281. The highest BCUT2D eigenvalue weighted by Gasteiger charge is 2.17. The van der Waals surface area contributed by atoms with E-state index in [-0.39, 0.29) is 12.5 Å². The summed E-state index contributed by atoms with van der Waals surface area (Å²) in [5, 5.41) is 0.411. The van der Waals surface area contributed by atoms with E-state index in [1.807, 2.05) is 20.8 Å². The van der Waals surface area contributed by atoms with Gasteiger partial charge >= 0.3 is 0 Å². The first-order valence-electron chi connectivity index (χ1n) is 5.32. The molecule has 0 fully saturated rings. The Morgan fingerprint density at radius 3 is 2.44 bits per heavy atom. The van der Waals surface area contributed by atoms with Crippen LogP contribution in [0.4, 0.5) is 4.39 Å². The third-order valence-electron chi connectivity index (χ3n) is 1.50. The van der Waals surface area contributed by atoms with Gasteiger partial charge in [-0.25, -0.2) is 9.37 Å². The molecule has 0 aliphatic heterocycles. The Kier molecular flexibility index (Phi) is 6.34. The molecule has 0 saturated heterocycles. The molecule has 0 N–H and O–H groups in total. The Hall–Kier alpha value is -0.830. The third-order valence-corrected chi connectivity index (χ3v) is 1.77. The van der Waals surface area contributed by atoms with E-state index < -0.39 is 5.67 Å². The lowest BCUT2D eigenvalue weighted by Gasteiger charge is -2.15. The van der Waals surface area contributed by atoms with Crippen molar-refractivity contribution < 1.29 is 9.13 Å². The molecule has 0 unspecified atom stereocenters. The van der Waals surface area contributed by atoms with Crippen LogP contribution in [0.1, 0.15) is 33.3 Å². The van der Waals surface area contributed by atoms with Crippen molar-refractivity contribution in [2.24, 2.45) is 0 Å². The zero-order valence-corrected chi connectivity index (χ0v) is 11.2. The van der Waals surface area contributed by atoms with Gasteiger partial charge in [-0.3, -0.25) is 0 Å². The zero-order valence-electron chi connectivity index (χ0n) is 10.5. The van der Waals surface area contributed by atoms with Gasteiger partial charge in [0, 0.05) is 6.20 Å². The summed E-state index contributed by atoms with van der Waals surface area (Å²) < 4.78 is 18.2. The van der Waals surface area contributed by atoms with Gasteiger partial charge in [0.05, 0.1) is 0 Å². The zero-order chi connectivity index (χ0) is 12.8. The van der Waals surface area contributed by atoms with Crippen LogP contribution in [0.5, 0.6) is 5.88 Å². The van der Waals surface area contributed by atoms with Gasteiger partial charge in [-0.15, -0.1) is 0 Å². The number of nitrogens with zero attached hydrogens (tertiary/aromatic N) is 1. The highest BCUT2D eigenvalue weighted by atomic mass is 35.5. The molecule has 0 spiro atoms. The summed E-state index contributed by atoms with van der Waals surface area (Å²) >= 11 is 5.85. The van der Waals surface area contributed by atoms with Crippen molar-refractivity contribution in [2.45, 2.75) is 40.3 Å². The number of halogens is 2. The molecule has 0 aliphatic carbocycles. The van der Waals surface area contributed by atoms with Crippen molar-refractivity contribution in [3.05, 3.63) is 22.8 Å². The highest BCUT2D eigenvalue weighted by Crippen LogP contribution is 2.23. The van der Waals surface area contributed by atoms with Gasteiger partial charge in [0.1, 0.15) is 17.3 Å². The van der Waals surface area contributed by atoms with Crippen molar-refractivity contribution in [1.29, 1.82) is 0 Å². The molecule has 0 amide bonds. The molecule has 4 heteroatoms.